The molecule has 0 aliphatic carbocycles. The van der Waals surface area contributed by atoms with Gasteiger partial charge >= 0.3 is 0 Å². The van der Waals surface area contributed by atoms with Gasteiger partial charge in [-0.25, -0.2) is 0 Å². The molecule has 0 aromatic heterocycles. The molecular weight excluding hydrogens is 282 g/mol. The number of piperazine rings is 1. The average molecular weight is 305 g/mol. The molecule has 0 radical (unpaired) electrons. The number of nitrogens with one attached hydrogen (secondary N) is 2. The van der Waals surface area contributed by atoms with E-state index in [-0.39, 0.29) is 18.4 Å². The van der Waals surface area contributed by atoms with Crippen LogP contribution < -0.4 is 15.4 Å². The molecule has 22 heavy (non-hydrogen) atoms. The van der Waals surface area contributed by atoms with Crippen molar-refractivity contribution in [3.63, 3.8) is 0 Å². The summed E-state index contributed by atoms with van der Waals surface area (Å²) in [5, 5.41) is 5.91. The second-order valence-corrected chi connectivity index (χ2v) is 5.33. The van der Waals surface area contributed by atoms with E-state index in [2.05, 4.69) is 10.6 Å². The first kappa shape index (κ1) is 16.3. The number of amides is 2. The van der Waals surface area contributed by atoms with Gasteiger partial charge in [0.05, 0.1) is 0 Å². The van der Waals surface area contributed by atoms with Crippen molar-refractivity contribution in [2.75, 3.05) is 39.3 Å². The number of aryl methyl sites for hydroxylation is 1. The topological polar surface area (TPSA) is 70.7 Å². The highest BCUT2D eigenvalue weighted by molar-refractivity contribution is 5.80. The van der Waals surface area contributed by atoms with Crippen LogP contribution in [0.5, 0.6) is 5.75 Å². The first-order valence-electron chi connectivity index (χ1n) is 7.60. The van der Waals surface area contributed by atoms with Gasteiger partial charge < -0.3 is 20.3 Å². The quantitative estimate of drug-likeness (QED) is 0.794. The number of carbonyl (C=O) groups excluding carboxylic acids is 2. The van der Waals surface area contributed by atoms with Crippen molar-refractivity contribution in [1.29, 1.82) is 0 Å². The molecule has 1 aromatic carbocycles. The van der Waals surface area contributed by atoms with Crippen molar-refractivity contribution in [3.8, 4) is 5.75 Å². The van der Waals surface area contributed by atoms with Crippen LogP contribution in [0.2, 0.25) is 0 Å². The minimum Gasteiger partial charge on any atom is -0.484 e. The molecule has 6 nitrogen and oxygen atoms in total. The number of rotatable bonds is 6. The van der Waals surface area contributed by atoms with E-state index in [1.807, 2.05) is 36.1 Å². The van der Waals surface area contributed by atoms with E-state index >= 15 is 0 Å². The molecule has 2 N–H and O–H groups in total. The third kappa shape index (κ3) is 5.37. The van der Waals surface area contributed by atoms with Crippen LogP contribution in [0.1, 0.15) is 12.0 Å². The molecule has 1 aromatic rings. The smallest absolute Gasteiger partial charge is 0.257 e. The van der Waals surface area contributed by atoms with Crippen LogP contribution in [0, 0.1) is 6.92 Å². The van der Waals surface area contributed by atoms with Gasteiger partial charge in [0.25, 0.3) is 5.91 Å². The maximum Gasteiger partial charge on any atom is 0.257 e. The van der Waals surface area contributed by atoms with Crippen LogP contribution in [0.3, 0.4) is 0 Å². The molecule has 0 saturated carbocycles. The summed E-state index contributed by atoms with van der Waals surface area (Å²) in [6.45, 7) is 5.45. The van der Waals surface area contributed by atoms with E-state index in [0.29, 0.717) is 18.7 Å². The molecule has 1 aliphatic heterocycles. The number of carbonyl (C=O) groups is 2. The minimum absolute atomic E-state index is 0.0368. The van der Waals surface area contributed by atoms with Crippen molar-refractivity contribution in [1.82, 2.24) is 15.5 Å². The van der Waals surface area contributed by atoms with E-state index in [4.69, 9.17) is 4.74 Å². The zero-order valence-electron chi connectivity index (χ0n) is 12.9. The largest absolute Gasteiger partial charge is 0.484 e. The van der Waals surface area contributed by atoms with Gasteiger partial charge in [0, 0.05) is 39.1 Å². The fourth-order valence-electron chi connectivity index (χ4n) is 2.22. The van der Waals surface area contributed by atoms with Crippen LogP contribution in [-0.4, -0.2) is 56.0 Å². The van der Waals surface area contributed by atoms with Gasteiger partial charge in [0.2, 0.25) is 5.91 Å². The summed E-state index contributed by atoms with van der Waals surface area (Å²) in [5.74, 6) is 0.535. The Morgan fingerprint density at radius 1 is 1.23 bits per heavy atom. The van der Waals surface area contributed by atoms with Gasteiger partial charge in [-0.1, -0.05) is 17.7 Å². The minimum atomic E-state index is -0.214. The molecule has 120 valence electrons. The second-order valence-electron chi connectivity index (χ2n) is 5.33. The maximum absolute atomic E-state index is 11.9. The third-order valence-electron chi connectivity index (χ3n) is 3.52. The van der Waals surface area contributed by atoms with E-state index in [1.165, 1.54) is 0 Å². The molecule has 1 saturated heterocycles. The highest BCUT2D eigenvalue weighted by Gasteiger charge is 2.15. The molecule has 0 unspecified atom stereocenters. The summed E-state index contributed by atoms with van der Waals surface area (Å²) >= 11 is 0. The van der Waals surface area contributed by atoms with Crippen molar-refractivity contribution in [2.24, 2.45) is 0 Å². The molecule has 1 aliphatic rings. The Kier molecular flexibility index (Phi) is 6.21. The predicted molar refractivity (Wildman–Crippen MR) is 83.8 cm³/mol. The monoisotopic (exact) mass is 305 g/mol. The summed E-state index contributed by atoms with van der Waals surface area (Å²) in [6.07, 6.45) is 0.330. The summed E-state index contributed by atoms with van der Waals surface area (Å²) in [5.41, 5.74) is 1.14. The molecule has 2 rings (SSSR count). The second kappa shape index (κ2) is 8.38. The van der Waals surface area contributed by atoms with E-state index in [9.17, 15) is 9.59 Å². The summed E-state index contributed by atoms with van der Waals surface area (Å²) in [7, 11) is 0. The van der Waals surface area contributed by atoms with E-state index < -0.39 is 0 Å². The van der Waals surface area contributed by atoms with E-state index in [1.54, 1.807) is 0 Å². The molecule has 0 bridgehead atoms. The third-order valence-corrected chi connectivity index (χ3v) is 3.52. The van der Waals surface area contributed by atoms with Gasteiger partial charge in [-0.15, -0.1) is 0 Å². The summed E-state index contributed by atoms with van der Waals surface area (Å²) in [4.78, 5) is 25.4. The molecule has 2 amide bonds. The highest BCUT2D eigenvalue weighted by atomic mass is 16.5. The lowest BCUT2D eigenvalue weighted by Gasteiger charge is -2.27. The maximum atomic E-state index is 11.9. The molecule has 6 heteroatoms. The van der Waals surface area contributed by atoms with Gasteiger partial charge in [-0.3, -0.25) is 9.59 Å². The Morgan fingerprint density at radius 2 is 1.91 bits per heavy atom. The molecule has 1 heterocycles. The Balaban J connectivity index is 1.61. The number of nitrogens with zero attached hydrogens (tertiary/aromatic N) is 1. The highest BCUT2D eigenvalue weighted by Crippen LogP contribution is 2.10. The Morgan fingerprint density at radius 3 is 2.59 bits per heavy atom. The fourth-order valence-corrected chi connectivity index (χ4v) is 2.22. The van der Waals surface area contributed by atoms with Crippen LogP contribution in [0.25, 0.3) is 0 Å². The zero-order valence-corrected chi connectivity index (χ0v) is 12.9. The number of hydrogen-bond acceptors (Lipinski definition) is 4. The van der Waals surface area contributed by atoms with Crippen molar-refractivity contribution in [2.45, 2.75) is 13.3 Å². The van der Waals surface area contributed by atoms with Crippen molar-refractivity contribution >= 4 is 11.8 Å². The van der Waals surface area contributed by atoms with Gasteiger partial charge in [-0.2, -0.15) is 0 Å². The first-order chi connectivity index (χ1) is 10.6. The number of ether oxygens (including phenoxy) is 1. The lowest BCUT2D eigenvalue weighted by molar-refractivity contribution is -0.131. The lowest BCUT2D eigenvalue weighted by Crippen LogP contribution is -2.47. The SMILES string of the molecule is Cc1ccc(OCC(=O)NCCC(=O)N2CCNCC2)cc1. The molecule has 0 spiro atoms. The van der Waals surface area contributed by atoms with Crippen molar-refractivity contribution < 1.29 is 14.3 Å². The lowest BCUT2D eigenvalue weighted by atomic mass is 10.2. The van der Waals surface area contributed by atoms with Crippen LogP contribution in [-0.2, 0) is 9.59 Å². The van der Waals surface area contributed by atoms with Gasteiger partial charge in [0.15, 0.2) is 6.61 Å². The predicted octanol–water partition coefficient (Wildman–Crippen LogP) is 0.312. The molecular formula is C16H23N3O3. The summed E-state index contributed by atoms with van der Waals surface area (Å²) in [6, 6.07) is 7.52. The zero-order chi connectivity index (χ0) is 15.8. The average Bonchev–Trinajstić information content (AvgIpc) is 2.55. The van der Waals surface area contributed by atoms with Gasteiger partial charge in [0.1, 0.15) is 5.75 Å². The number of hydrogen-bond donors (Lipinski definition) is 2. The Labute approximate surface area is 130 Å². The van der Waals surface area contributed by atoms with Crippen LogP contribution in [0.15, 0.2) is 24.3 Å². The standard InChI is InChI=1S/C16H23N3O3/c1-13-2-4-14(5-3-13)22-12-15(20)18-7-6-16(21)19-10-8-17-9-11-19/h2-5,17H,6-12H2,1H3,(H,18,20). The normalized spacial score (nSPS) is 14.5. The molecule has 0 atom stereocenters. The van der Waals surface area contributed by atoms with Crippen LogP contribution in [0.4, 0.5) is 0 Å². The van der Waals surface area contributed by atoms with Gasteiger partial charge in [-0.05, 0) is 19.1 Å². The molecule has 1 fully saturated rings. The summed E-state index contributed by atoms with van der Waals surface area (Å²) < 4.78 is 5.38. The Hall–Kier alpha value is -2.08. The Bertz CT molecular complexity index is 496. The number of benzene rings is 1. The van der Waals surface area contributed by atoms with Crippen molar-refractivity contribution in [3.05, 3.63) is 29.8 Å². The fraction of sp³-hybridized carbons (Fsp3) is 0.500. The first-order valence-corrected chi connectivity index (χ1v) is 7.60. The van der Waals surface area contributed by atoms with E-state index in [0.717, 1.165) is 31.7 Å². The van der Waals surface area contributed by atoms with Crippen LogP contribution >= 0.6 is 0 Å².